The number of aromatic nitrogens is 1. The number of Topliss-reactive ketones (excluding diaryl/α,β-unsaturated/α-hetero) is 1. The van der Waals surface area contributed by atoms with Gasteiger partial charge in [-0.1, -0.05) is 83.6 Å². The second-order valence-corrected chi connectivity index (χ2v) is 17.8. The fraction of sp³-hybridized carbons (Fsp3) is 0.191. The zero-order valence-electron chi connectivity index (χ0n) is 36.6. The van der Waals surface area contributed by atoms with Gasteiger partial charge in [-0.25, -0.2) is 0 Å². The maximum absolute atomic E-state index is 14.2. The number of carbonyl (C=O) groups is 1. The Bertz CT molecular complexity index is 2830. The van der Waals surface area contributed by atoms with Crippen molar-refractivity contribution in [2.45, 2.75) is 56.0 Å². The number of rotatable bonds is 7. The second-order valence-electron chi connectivity index (χ2n) is 16.5. The van der Waals surface area contributed by atoms with Crippen LogP contribution in [0.25, 0.3) is 10.2 Å². The lowest BCUT2D eigenvalue weighted by Crippen LogP contribution is -2.75. The van der Waals surface area contributed by atoms with Crippen LogP contribution in [0.15, 0.2) is 127 Å². The van der Waals surface area contributed by atoms with Crippen LogP contribution in [0.4, 0.5) is 105 Å². The Morgan fingerprint density at radius 2 is 0.658 bits per heavy atom. The van der Waals surface area contributed by atoms with Gasteiger partial charge in [0.2, 0.25) is 23.4 Å². The summed E-state index contributed by atoms with van der Waals surface area (Å²) in [5, 5.41) is 0.644. The van der Waals surface area contributed by atoms with Crippen LogP contribution in [0, 0.1) is 0 Å². The first-order valence-corrected chi connectivity index (χ1v) is 21.8. The fourth-order valence-corrected chi connectivity index (χ4v) is 9.06. The molecular weight excluding hydrogens is 1130 g/mol. The van der Waals surface area contributed by atoms with E-state index in [4.69, 9.17) is 11.6 Å². The highest BCUT2D eigenvalue weighted by atomic mass is 35.5. The van der Waals surface area contributed by atoms with E-state index in [1.807, 2.05) is 28.3 Å². The normalized spacial score (nSPS) is 13.4. The first-order valence-electron chi connectivity index (χ1n) is 20.5. The predicted octanol–water partition coefficient (Wildman–Crippen LogP) is 14.9. The van der Waals surface area contributed by atoms with Crippen LogP contribution < -0.4 is 26.4 Å². The molecule has 0 bridgehead atoms. The first kappa shape index (κ1) is 58.8. The Labute approximate surface area is 418 Å². The molecule has 0 N–H and O–H groups in total. The molecule has 2 nitrogen and oxygen atoms in total. The van der Waals surface area contributed by atoms with Gasteiger partial charge in [0, 0.05) is 16.7 Å². The number of benzene rings is 6. The lowest BCUT2D eigenvalue weighted by atomic mass is 9.12. The standard InChI is InChI=1S/C32H12BF24.C15H11ClNOS/c34-25(35,36)13-1-14(26(37,38)39)6-21(5-13)33(22-7-15(27(40,41)42)2-16(8-22)28(43,44)45,23-9-17(29(46,47)48)3-18(10-23)30(49,50)51)24-11-19(31(52,53)54)4-20(12-24)32(55,56)57;16-12-7-5-11(6-8-12)14(18)9-17-10-19-15-4-2-1-3-13(15)17/h1-12H;1-8,10H,9H2/q-1;+1. The molecule has 0 amide bonds. The van der Waals surface area contributed by atoms with E-state index in [0.29, 0.717) is 17.1 Å². The van der Waals surface area contributed by atoms with E-state index in [2.05, 4.69) is 6.07 Å². The molecule has 0 radical (unpaired) electrons. The maximum atomic E-state index is 14.2. The molecular formula is C47H23BClF24NOS. The van der Waals surface area contributed by atoms with Gasteiger partial charge in [-0.05, 0) is 54.6 Å². The third kappa shape index (κ3) is 13.0. The Morgan fingerprint density at radius 3 is 0.921 bits per heavy atom. The van der Waals surface area contributed by atoms with Gasteiger partial charge in [0.25, 0.3) is 0 Å². The van der Waals surface area contributed by atoms with E-state index in [0.717, 1.165) is 5.52 Å². The number of nitrogens with zero attached hydrogens (tertiary/aromatic N) is 1. The number of hydrogen-bond acceptors (Lipinski definition) is 2. The molecule has 1 heterocycles. The molecule has 0 saturated heterocycles. The van der Waals surface area contributed by atoms with Crippen molar-refractivity contribution in [1.29, 1.82) is 0 Å². The van der Waals surface area contributed by atoms with Crippen LogP contribution in [-0.2, 0) is 56.0 Å². The number of carbonyl (C=O) groups excluding carboxylic acids is 1. The minimum atomic E-state index is -6.13. The molecule has 29 heteroatoms. The molecule has 1 aromatic heterocycles. The van der Waals surface area contributed by atoms with Crippen LogP contribution in [0.2, 0.25) is 5.02 Å². The van der Waals surface area contributed by atoms with Gasteiger partial charge in [0.05, 0.1) is 44.5 Å². The zero-order chi connectivity index (χ0) is 57.2. The molecule has 406 valence electrons. The molecule has 6 aromatic carbocycles. The van der Waals surface area contributed by atoms with Gasteiger partial charge in [-0.15, -0.1) is 0 Å². The Balaban J connectivity index is 0.000000408. The fourth-order valence-electron chi connectivity index (χ4n) is 8.05. The number of alkyl halides is 24. The third-order valence-corrected chi connectivity index (χ3v) is 12.6. The second kappa shape index (κ2) is 20.2. The van der Waals surface area contributed by atoms with Crippen LogP contribution >= 0.6 is 22.9 Å². The van der Waals surface area contributed by atoms with Crippen LogP contribution in [-0.4, -0.2) is 11.9 Å². The van der Waals surface area contributed by atoms with Gasteiger partial charge in [-0.3, -0.25) is 4.79 Å². The van der Waals surface area contributed by atoms with E-state index in [1.165, 1.54) is 4.70 Å². The highest BCUT2D eigenvalue weighted by molar-refractivity contribution is 7.20. The Hall–Kier alpha value is -6.45. The van der Waals surface area contributed by atoms with Crippen molar-refractivity contribution < 1.29 is 115 Å². The third-order valence-electron chi connectivity index (χ3n) is 11.4. The molecule has 0 aliphatic rings. The molecule has 0 atom stereocenters. The monoisotopic (exact) mass is 1150 g/mol. The summed E-state index contributed by atoms with van der Waals surface area (Å²) < 4.78 is 344. The van der Waals surface area contributed by atoms with Crippen molar-refractivity contribution in [2.24, 2.45) is 0 Å². The van der Waals surface area contributed by atoms with Crippen molar-refractivity contribution in [3.8, 4) is 0 Å². The Kier molecular flexibility index (Phi) is 15.6. The van der Waals surface area contributed by atoms with Crippen LogP contribution in [0.3, 0.4) is 0 Å². The van der Waals surface area contributed by atoms with E-state index in [1.54, 1.807) is 35.6 Å². The number of hydrogen-bond donors (Lipinski definition) is 0. The van der Waals surface area contributed by atoms with Gasteiger partial charge in [0.15, 0.2) is 0 Å². The van der Waals surface area contributed by atoms with Crippen molar-refractivity contribution >= 4 is 66.9 Å². The van der Waals surface area contributed by atoms with Crippen molar-refractivity contribution in [3.05, 3.63) is 182 Å². The smallest absolute Gasteiger partial charge is 0.287 e. The minimum Gasteiger partial charge on any atom is -0.287 e. The largest absolute Gasteiger partial charge is 0.416 e. The topological polar surface area (TPSA) is 20.9 Å². The summed E-state index contributed by atoms with van der Waals surface area (Å²) in [4.78, 5) is 12.2. The molecule has 0 aliphatic heterocycles. The van der Waals surface area contributed by atoms with E-state index < -0.39 is 195 Å². The number of fused-ring (bicyclic) bond motifs is 1. The number of para-hydroxylation sites is 1. The van der Waals surface area contributed by atoms with Crippen LogP contribution in [0.1, 0.15) is 54.9 Å². The SMILES string of the molecule is FC(F)(F)c1cc([B-](c2cc(C(F)(F)F)cc(C(F)(F)F)c2)(c2cc(C(F)(F)F)cc(C(F)(F)F)c2)c2cc(C(F)(F)F)cc(C(F)(F)F)c2)cc(C(F)(F)F)c1.O=C(C[n+]1csc2ccccc21)c1ccc(Cl)cc1. The summed E-state index contributed by atoms with van der Waals surface area (Å²) in [7, 11) is 0. The zero-order valence-corrected chi connectivity index (χ0v) is 38.2. The highest BCUT2D eigenvalue weighted by Crippen LogP contribution is 2.41. The molecule has 7 aromatic rings. The lowest BCUT2D eigenvalue weighted by molar-refractivity contribution is -0.652. The van der Waals surface area contributed by atoms with Gasteiger partial charge in [-0.2, -0.15) is 132 Å². The summed E-state index contributed by atoms with van der Waals surface area (Å²) in [6, 6.07) is 6.28. The van der Waals surface area contributed by atoms with E-state index in [9.17, 15) is 110 Å². The number of thiazole rings is 1. The lowest BCUT2D eigenvalue weighted by Gasteiger charge is -2.46. The van der Waals surface area contributed by atoms with Crippen molar-refractivity contribution in [3.63, 3.8) is 0 Å². The average molecular weight is 1150 g/mol. The summed E-state index contributed by atoms with van der Waals surface area (Å²) in [5.74, 6) is 0.0882. The number of halogens is 25. The van der Waals surface area contributed by atoms with Gasteiger partial charge in [0.1, 0.15) is 10.8 Å². The summed E-state index contributed by atoms with van der Waals surface area (Å²) >= 11 is 7.47. The average Bonchev–Trinajstić information content (AvgIpc) is 3.69. The molecule has 76 heavy (non-hydrogen) atoms. The van der Waals surface area contributed by atoms with Crippen molar-refractivity contribution in [1.82, 2.24) is 0 Å². The Morgan fingerprint density at radius 1 is 0.395 bits per heavy atom. The van der Waals surface area contributed by atoms with Crippen LogP contribution in [0.5, 0.6) is 0 Å². The van der Waals surface area contributed by atoms with E-state index >= 15 is 0 Å². The summed E-state index contributed by atoms with van der Waals surface area (Å²) in [6.07, 6.45) is -54.8. The summed E-state index contributed by atoms with van der Waals surface area (Å²) in [5.41, 5.74) is -26.4. The molecule has 0 aliphatic carbocycles. The molecule has 0 spiro atoms. The summed E-state index contributed by atoms with van der Waals surface area (Å²) in [6.45, 7) is 0.353. The van der Waals surface area contributed by atoms with Gasteiger partial charge >= 0.3 is 49.4 Å². The highest BCUT2D eigenvalue weighted by Gasteiger charge is 2.47. The quantitative estimate of drug-likeness (QED) is 0.0674. The first-order chi connectivity index (χ1) is 34.5. The van der Waals surface area contributed by atoms with E-state index in [-0.39, 0.29) is 5.78 Å². The van der Waals surface area contributed by atoms with Gasteiger partial charge < -0.3 is 0 Å². The molecule has 7 rings (SSSR count). The maximum Gasteiger partial charge on any atom is 0.416 e. The molecule has 0 unspecified atom stereocenters. The molecule has 0 fully saturated rings. The predicted molar refractivity (Wildman–Crippen MR) is 228 cm³/mol. The number of ketones is 1. The minimum absolute atomic E-state index is 0.0882. The van der Waals surface area contributed by atoms with Crippen molar-refractivity contribution in [2.75, 3.05) is 0 Å². The molecule has 0 saturated carbocycles.